The number of anilines is 2. The first-order chi connectivity index (χ1) is 18.1. The first-order valence-electron chi connectivity index (χ1n) is 12.1. The van der Waals surface area contributed by atoms with Crippen molar-refractivity contribution < 1.29 is 23.8 Å². The Morgan fingerprint density at radius 3 is 3.00 bits per heavy atom. The van der Waals surface area contributed by atoms with E-state index in [0.29, 0.717) is 56.6 Å². The van der Waals surface area contributed by atoms with Gasteiger partial charge in [0, 0.05) is 30.9 Å². The van der Waals surface area contributed by atoms with Gasteiger partial charge in [0.25, 0.3) is 5.91 Å². The molecule has 0 saturated carbocycles. The molecule has 11 heteroatoms. The predicted molar refractivity (Wildman–Crippen MR) is 137 cm³/mol. The number of carbonyl (C=O) groups excluding carboxylic acids is 2. The van der Waals surface area contributed by atoms with Crippen molar-refractivity contribution in [3.05, 3.63) is 60.3 Å². The third-order valence-electron chi connectivity index (χ3n) is 5.92. The quantitative estimate of drug-likeness (QED) is 0.355. The average Bonchev–Trinajstić information content (AvgIpc) is 3.30. The molecule has 5 rings (SSSR count). The van der Waals surface area contributed by atoms with Crippen LogP contribution in [-0.4, -0.2) is 60.9 Å². The van der Waals surface area contributed by atoms with Crippen molar-refractivity contribution >= 4 is 23.6 Å². The van der Waals surface area contributed by atoms with Crippen LogP contribution >= 0.6 is 0 Å². The lowest BCUT2D eigenvalue weighted by Gasteiger charge is -2.19. The lowest BCUT2D eigenvalue weighted by Crippen LogP contribution is -2.29. The summed E-state index contributed by atoms with van der Waals surface area (Å²) in [5, 5.41) is 6.07. The smallest absolute Gasteiger partial charge is 0.415 e. The SMILES string of the molecule is NCCOc1ccnc(-c2cccc(CNCCC3CN(c4ccc5c(n4)NC(=O)CO5)C(=O)O3)c2)c1. The zero-order valence-electron chi connectivity index (χ0n) is 20.2. The van der Waals surface area contributed by atoms with Crippen LogP contribution in [0.15, 0.2) is 54.7 Å². The van der Waals surface area contributed by atoms with Crippen molar-refractivity contribution in [2.24, 2.45) is 5.73 Å². The van der Waals surface area contributed by atoms with Crippen molar-refractivity contribution in [3.8, 4) is 22.8 Å². The molecule has 4 N–H and O–H groups in total. The van der Waals surface area contributed by atoms with Crippen molar-refractivity contribution in [2.75, 3.05) is 43.1 Å². The second-order valence-electron chi connectivity index (χ2n) is 8.65. The molecule has 1 aromatic carbocycles. The van der Waals surface area contributed by atoms with Crippen LogP contribution in [0.5, 0.6) is 11.5 Å². The molecule has 2 amide bonds. The predicted octanol–water partition coefficient (Wildman–Crippen LogP) is 2.32. The van der Waals surface area contributed by atoms with Gasteiger partial charge in [0.05, 0.1) is 12.2 Å². The molecule has 0 radical (unpaired) electrons. The lowest BCUT2D eigenvalue weighted by atomic mass is 10.1. The van der Waals surface area contributed by atoms with Gasteiger partial charge in [0.1, 0.15) is 24.3 Å². The molecule has 37 heavy (non-hydrogen) atoms. The van der Waals surface area contributed by atoms with E-state index in [9.17, 15) is 9.59 Å². The minimum Gasteiger partial charge on any atom is -0.492 e. The Hall–Kier alpha value is -4.22. The molecule has 2 aromatic heterocycles. The summed E-state index contributed by atoms with van der Waals surface area (Å²) in [6, 6.07) is 15.2. The molecule has 4 heterocycles. The summed E-state index contributed by atoms with van der Waals surface area (Å²) in [7, 11) is 0. The Kier molecular flexibility index (Phi) is 7.43. The Morgan fingerprint density at radius 1 is 1.19 bits per heavy atom. The van der Waals surface area contributed by atoms with Crippen molar-refractivity contribution in [1.29, 1.82) is 0 Å². The van der Waals surface area contributed by atoms with E-state index in [1.165, 1.54) is 4.90 Å². The molecule has 1 saturated heterocycles. The van der Waals surface area contributed by atoms with Gasteiger partial charge in [-0.3, -0.25) is 14.7 Å². The Balaban J connectivity index is 1.12. The van der Waals surface area contributed by atoms with E-state index in [-0.39, 0.29) is 18.6 Å². The summed E-state index contributed by atoms with van der Waals surface area (Å²) in [4.78, 5) is 34.3. The Morgan fingerprint density at radius 2 is 2.11 bits per heavy atom. The summed E-state index contributed by atoms with van der Waals surface area (Å²) in [5.74, 6) is 1.65. The van der Waals surface area contributed by atoms with Crippen LogP contribution in [-0.2, 0) is 16.1 Å². The highest BCUT2D eigenvalue weighted by Gasteiger charge is 2.33. The van der Waals surface area contributed by atoms with Crippen molar-refractivity contribution in [3.63, 3.8) is 0 Å². The first kappa shape index (κ1) is 24.5. The fourth-order valence-corrected chi connectivity index (χ4v) is 4.13. The number of cyclic esters (lactones) is 1. The zero-order valence-corrected chi connectivity index (χ0v) is 20.2. The summed E-state index contributed by atoms with van der Waals surface area (Å²) in [6.45, 7) is 2.57. The molecule has 0 bridgehead atoms. The van der Waals surface area contributed by atoms with Crippen LogP contribution in [0.25, 0.3) is 11.3 Å². The number of carbonyl (C=O) groups is 2. The van der Waals surface area contributed by atoms with Crippen LogP contribution < -0.4 is 30.7 Å². The maximum Gasteiger partial charge on any atom is 0.415 e. The molecule has 3 aromatic rings. The van der Waals surface area contributed by atoms with Gasteiger partial charge in [-0.2, -0.15) is 0 Å². The number of hydrogen-bond donors (Lipinski definition) is 3. The molecular weight excluding hydrogens is 476 g/mol. The van der Waals surface area contributed by atoms with Crippen LogP contribution in [0.4, 0.5) is 16.4 Å². The Labute approximate surface area is 213 Å². The molecule has 2 aliphatic heterocycles. The molecule has 11 nitrogen and oxygen atoms in total. The molecule has 1 atom stereocenters. The van der Waals surface area contributed by atoms with Gasteiger partial charge in [0.2, 0.25) is 0 Å². The van der Waals surface area contributed by atoms with Gasteiger partial charge in [-0.25, -0.2) is 9.78 Å². The maximum absolute atomic E-state index is 12.4. The number of aromatic nitrogens is 2. The molecule has 192 valence electrons. The minimum atomic E-state index is -0.460. The Bertz CT molecular complexity index is 1290. The standard InChI is InChI=1S/C26H28N6O5/c27-8-11-35-19-7-10-29-21(13-19)18-3-1-2-17(12-18)14-28-9-6-20-15-32(26(34)37-20)23-5-4-22-25(30-23)31-24(33)16-36-22/h1-5,7,10,12-13,20,28H,6,8-9,11,14-16,27H2,(H,30,31,33). The maximum atomic E-state index is 12.4. The summed E-state index contributed by atoms with van der Waals surface area (Å²) < 4.78 is 16.5. The summed E-state index contributed by atoms with van der Waals surface area (Å²) in [5.41, 5.74) is 8.45. The largest absolute Gasteiger partial charge is 0.492 e. The number of pyridine rings is 2. The number of benzene rings is 1. The molecule has 0 spiro atoms. The molecular formula is C26H28N6O5. The number of nitrogens with one attached hydrogen (secondary N) is 2. The van der Waals surface area contributed by atoms with E-state index in [0.717, 1.165) is 22.6 Å². The van der Waals surface area contributed by atoms with Gasteiger partial charge >= 0.3 is 6.09 Å². The normalized spacial score (nSPS) is 16.6. The van der Waals surface area contributed by atoms with Crippen molar-refractivity contribution in [2.45, 2.75) is 19.1 Å². The fraction of sp³-hybridized carbons (Fsp3) is 0.308. The second-order valence-corrected chi connectivity index (χ2v) is 8.65. The average molecular weight is 505 g/mol. The third kappa shape index (κ3) is 5.96. The van der Waals surface area contributed by atoms with Gasteiger partial charge < -0.3 is 30.6 Å². The third-order valence-corrected chi connectivity index (χ3v) is 5.92. The number of ether oxygens (including phenoxy) is 3. The fourth-order valence-electron chi connectivity index (χ4n) is 4.13. The molecule has 0 aliphatic carbocycles. The van der Waals surface area contributed by atoms with Gasteiger partial charge in [-0.1, -0.05) is 18.2 Å². The number of amides is 2. The van der Waals surface area contributed by atoms with Crippen LogP contribution in [0, 0.1) is 0 Å². The van der Waals surface area contributed by atoms with E-state index < -0.39 is 6.09 Å². The van der Waals surface area contributed by atoms with E-state index >= 15 is 0 Å². The van der Waals surface area contributed by atoms with Gasteiger partial charge in [0.15, 0.2) is 18.2 Å². The van der Waals surface area contributed by atoms with E-state index in [2.05, 4.69) is 26.7 Å². The number of nitrogens with zero attached hydrogens (tertiary/aromatic N) is 3. The monoisotopic (exact) mass is 504 g/mol. The van der Waals surface area contributed by atoms with Gasteiger partial charge in [-0.15, -0.1) is 0 Å². The van der Waals surface area contributed by atoms with Gasteiger partial charge in [-0.05, 0) is 42.8 Å². The topological polar surface area (TPSA) is 141 Å². The highest BCUT2D eigenvalue weighted by Crippen LogP contribution is 2.30. The number of fused-ring (bicyclic) bond motifs is 1. The van der Waals surface area contributed by atoms with Crippen LogP contribution in [0.1, 0.15) is 12.0 Å². The highest BCUT2D eigenvalue weighted by atomic mass is 16.6. The second kappa shape index (κ2) is 11.2. The first-order valence-corrected chi connectivity index (χ1v) is 12.1. The van der Waals surface area contributed by atoms with Crippen LogP contribution in [0.2, 0.25) is 0 Å². The van der Waals surface area contributed by atoms with E-state index in [1.807, 2.05) is 30.3 Å². The van der Waals surface area contributed by atoms with E-state index in [4.69, 9.17) is 19.9 Å². The highest BCUT2D eigenvalue weighted by molar-refractivity contribution is 5.95. The molecule has 1 fully saturated rings. The summed E-state index contributed by atoms with van der Waals surface area (Å²) >= 11 is 0. The molecule has 1 unspecified atom stereocenters. The van der Waals surface area contributed by atoms with Crippen molar-refractivity contribution in [1.82, 2.24) is 15.3 Å². The zero-order chi connectivity index (χ0) is 25.6. The minimum absolute atomic E-state index is 0.0482. The number of hydrogen-bond acceptors (Lipinski definition) is 9. The lowest BCUT2D eigenvalue weighted by molar-refractivity contribution is -0.118. The van der Waals surface area contributed by atoms with E-state index in [1.54, 1.807) is 18.3 Å². The summed E-state index contributed by atoms with van der Waals surface area (Å²) in [6.07, 6.45) is 1.64. The number of rotatable bonds is 10. The number of nitrogens with two attached hydrogens (primary N) is 1. The molecule has 2 aliphatic rings. The van der Waals surface area contributed by atoms with Crippen LogP contribution in [0.3, 0.4) is 0 Å².